The summed E-state index contributed by atoms with van der Waals surface area (Å²) in [4.78, 5) is 0. The van der Waals surface area contributed by atoms with E-state index >= 15 is 0 Å². The summed E-state index contributed by atoms with van der Waals surface area (Å²) in [7, 11) is 0. The Morgan fingerprint density at radius 2 is 2.13 bits per heavy atom. The molecule has 0 radical (unpaired) electrons. The molecule has 1 heterocycles. The summed E-state index contributed by atoms with van der Waals surface area (Å²) in [5, 5.41) is 9.55. The van der Waals surface area contributed by atoms with Gasteiger partial charge in [-0.15, -0.1) is 0 Å². The second-order valence-electron chi connectivity index (χ2n) is 3.93. The maximum absolute atomic E-state index is 12.5. The highest BCUT2D eigenvalue weighted by Crippen LogP contribution is 2.42. The van der Waals surface area contributed by atoms with Crippen LogP contribution in [-0.4, -0.2) is 11.3 Å². The molecule has 0 aliphatic heterocycles. The fraction of sp³-hybridized carbons (Fsp3) is 0.600. The summed E-state index contributed by atoms with van der Waals surface area (Å²) in [5.41, 5.74) is 0.507. The van der Waals surface area contributed by atoms with Gasteiger partial charge >= 0.3 is 6.18 Å². The van der Waals surface area contributed by atoms with E-state index in [1.54, 1.807) is 13.0 Å². The van der Waals surface area contributed by atoms with Crippen LogP contribution in [0.3, 0.4) is 0 Å². The first kappa shape index (κ1) is 10.5. The molecule has 1 aromatic heterocycles. The molecule has 0 aromatic carbocycles. The van der Waals surface area contributed by atoms with E-state index in [0.29, 0.717) is 11.3 Å². The fourth-order valence-electron chi connectivity index (χ4n) is 1.98. The minimum Gasteiger partial charge on any atom is -0.466 e. The van der Waals surface area contributed by atoms with E-state index in [0.717, 1.165) is 0 Å². The lowest BCUT2D eigenvalue weighted by Gasteiger charge is -2.26. The highest BCUT2D eigenvalue weighted by Gasteiger charge is 2.44. The van der Waals surface area contributed by atoms with E-state index in [1.165, 1.54) is 0 Å². The number of furan rings is 1. The Bertz CT molecular complexity index is 367. The third-order valence-electron chi connectivity index (χ3n) is 2.73. The van der Waals surface area contributed by atoms with Crippen LogP contribution in [0.2, 0.25) is 0 Å². The van der Waals surface area contributed by atoms with Crippen molar-refractivity contribution in [1.29, 1.82) is 0 Å². The van der Waals surface area contributed by atoms with Crippen LogP contribution in [-0.2, 0) is 6.42 Å². The lowest BCUT2D eigenvalue weighted by molar-refractivity contribution is -0.185. The molecule has 1 aliphatic rings. The van der Waals surface area contributed by atoms with E-state index in [9.17, 15) is 18.3 Å². The van der Waals surface area contributed by atoms with E-state index in [4.69, 9.17) is 4.42 Å². The van der Waals surface area contributed by atoms with Crippen molar-refractivity contribution in [2.75, 3.05) is 0 Å². The summed E-state index contributed by atoms with van der Waals surface area (Å²) < 4.78 is 42.5. The fourth-order valence-corrected chi connectivity index (χ4v) is 1.98. The largest absolute Gasteiger partial charge is 0.466 e. The average molecular weight is 220 g/mol. The number of rotatable bonds is 0. The van der Waals surface area contributed by atoms with Gasteiger partial charge in [-0.25, -0.2) is 0 Å². The maximum Gasteiger partial charge on any atom is 0.392 e. The molecule has 0 bridgehead atoms. The second kappa shape index (κ2) is 3.27. The molecule has 0 spiro atoms. The van der Waals surface area contributed by atoms with Crippen molar-refractivity contribution < 1.29 is 22.7 Å². The van der Waals surface area contributed by atoms with Crippen molar-refractivity contribution in [3.8, 4) is 0 Å². The number of aliphatic hydroxyl groups excluding tert-OH is 1. The summed E-state index contributed by atoms with van der Waals surface area (Å²) in [6.07, 6.45) is -5.75. The predicted molar refractivity (Wildman–Crippen MR) is 46.3 cm³/mol. The lowest BCUT2D eigenvalue weighted by atomic mass is 9.86. The Morgan fingerprint density at radius 3 is 2.73 bits per heavy atom. The van der Waals surface area contributed by atoms with E-state index < -0.39 is 18.2 Å². The van der Waals surface area contributed by atoms with Gasteiger partial charge in [0.2, 0.25) is 0 Å². The lowest BCUT2D eigenvalue weighted by Crippen LogP contribution is -2.30. The molecule has 5 heteroatoms. The molecule has 2 nitrogen and oxygen atoms in total. The topological polar surface area (TPSA) is 33.4 Å². The van der Waals surface area contributed by atoms with Crippen LogP contribution in [0, 0.1) is 12.8 Å². The smallest absolute Gasteiger partial charge is 0.392 e. The molecule has 0 saturated heterocycles. The van der Waals surface area contributed by atoms with E-state index in [-0.39, 0.29) is 18.6 Å². The number of hydrogen-bond donors (Lipinski definition) is 1. The molecule has 15 heavy (non-hydrogen) atoms. The molecule has 2 unspecified atom stereocenters. The molecule has 2 rings (SSSR count). The molecule has 2 atom stereocenters. The first-order valence-corrected chi connectivity index (χ1v) is 4.72. The minimum absolute atomic E-state index is 0.163. The van der Waals surface area contributed by atoms with Crippen molar-refractivity contribution in [1.82, 2.24) is 0 Å². The Balaban J connectivity index is 2.30. The number of fused-ring (bicyclic) bond motifs is 1. The quantitative estimate of drug-likeness (QED) is 0.729. The van der Waals surface area contributed by atoms with Gasteiger partial charge in [0.1, 0.15) is 11.5 Å². The number of aryl methyl sites for hydroxylation is 1. The van der Waals surface area contributed by atoms with Crippen LogP contribution in [0.5, 0.6) is 0 Å². The molecule has 84 valence electrons. The van der Waals surface area contributed by atoms with Gasteiger partial charge in [-0.1, -0.05) is 0 Å². The molecule has 0 amide bonds. The summed E-state index contributed by atoms with van der Waals surface area (Å²) in [6, 6.07) is 1.60. The van der Waals surface area contributed by atoms with Gasteiger partial charge in [0.05, 0.1) is 12.0 Å². The number of aliphatic hydroxyl groups is 1. The van der Waals surface area contributed by atoms with Crippen LogP contribution in [0.25, 0.3) is 0 Å². The van der Waals surface area contributed by atoms with Gasteiger partial charge in [0, 0.05) is 12.0 Å². The SMILES string of the molecule is Cc1cc2c(o1)CC(C(F)(F)F)CC2O. The average Bonchev–Trinajstić information content (AvgIpc) is 2.44. The highest BCUT2D eigenvalue weighted by molar-refractivity contribution is 5.26. The molecule has 1 aliphatic carbocycles. The Kier molecular flexibility index (Phi) is 2.30. The third kappa shape index (κ3) is 1.88. The first-order valence-electron chi connectivity index (χ1n) is 4.72. The third-order valence-corrected chi connectivity index (χ3v) is 2.73. The zero-order valence-electron chi connectivity index (χ0n) is 8.14. The van der Waals surface area contributed by atoms with Crippen LogP contribution < -0.4 is 0 Å². The van der Waals surface area contributed by atoms with Crippen molar-refractivity contribution in [3.63, 3.8) is 0 Å². The molecular weight excluding hydrogens is 209 g/mol. The normalized spacial score (nSPS) is 26.5. The van der Waals surface area contributed by atoms with Gasteiger partial charge in [0.15, 0.2) is 0 Å². The molecular formula is C10H11F3O2. The van der Waals surface area contributed by atoms with Crippen LogP contribution >= 0.6 is 0 Å². The van der Waals surface area contributed by atoms with Gasteiger partial charge < -0.3 is 9.52 Å². The Hall–Kier alpha value is -0.970. The van der Waals surface area contributed by atoms with Gasteiger partial charge in [-0.2, -0.15) is 13.2 Å². The van der Waals surface area contributed by atoms with Crippen LogP contribution in [0.1, 0.15) is 29.6 Å². The van der Waals surface area contributed by atoms with E-state index in [1.807, 2.05) is 0 Å². The number of alkyl halides is 3. The van der Waals surface area contributed by atoms with Crippen LogP contribution in [0.15, 0.2) is 10.5 Å². The second-order valence-corrected chi connectivity index (χ2v) is 3.93. The van der Waals surface area contributed by atoms with Crippen molar-refractivity contribution in [3.05, 3.63) is 23.2 Å². The van der Waals surface area contributed by atoms with Crippen molar-refractivity contribution in [2.45, 2.75) is 32.0 Å². The first-order chi connectivity index (χ1) is 6.88. The highest BCUT2D eigenvalue weighted by atomic mass is 19.4. The minimum atomic E-state index is -4.26. The Morgan fingerprint density at radius 1 is 1.47 bits per heavy atom. The summed E-state index contributed by atoms with van der Waals surface area (Å²) in [5.74, 6) is -0.680. The van der Waals surface area contributed by atoms with Crippen LogP contribution in [0.4, 0.5) is 13.2 Å². The summed E-state index contributed by atoms with van der Waals surface area (Å²) in [6.45, 7) is 1.66. The summed E-state index contributed by atoms with van der Waals surface area (Å²) >= 11 is 0. The monoisotopic (exact) mass is 220 g/mol. The van der Waals surface area contributed by atoms with Crippen molar-refractivity contribution in [2.24, 2.45) is 5.92 Å². The van der Waals surface area contributed by atoms with Gasteiger partial charge in [0.25, 0.3) is 0 Å². The zero-order chi connectivity index (χ0) is 11.2. The van der Waals surface area contributed by atoms with E-state index in [2.05, 4.69) is 0 Å². The molecule has 1 aromatic rings. The zero-order valence-corrected chi connectivity index (χ0v) is 8.14. The van der Waals surface area contributed by atoms with Gasteiger partial charge in [-0.3, -0.25) is 0 Å². The maximum atomic E-state index is 12.5. The molecule has 1 N–H and O–H groups in total. The molecule has 0 fully saturated rings. The predicted octanol–water partition coefficient (Wildman–Crippen LogP) is 2.75. The molecule has 0 saturated carbocycles. The Labute approximate surface area is 84.7 Å². The number of halogens is 3. The van der Waals surface area contributed by atoms with Crippen molar-refractivity contribution >= 4 is 0 Å². The number of hydrogen-bond acceptors (Lipinski definition) is 2. The standard InChI is InChI=1S/C10H11F3O2/c1-5-2-7-8(14)3-6(10(11,12)13)4-9(7)15-5/h2,6,8,14H,3-4H2,1H3. The van der Waals surface area contributed by atoms with Gasteiger partial charge in [-0.05, 0) is 19.4 Å².